The van der Waals surface area contributed by atoms with Gasteiger partial charge in [0.2, 0.25) is 0 Å². The normalized spacial score (nSPS) is 19.6. The first-order valence-corrected chi connectivity index (χ1v) is 9.63. The first-order valence-electron chi connectivity index (χ1n) is 9.63. The molecule has 4 rings (SSSR count). The zero-order chi connectivity index (χ0) is 19.5. The highest BCUT2D eigenvalue weighted by Crippen LogP contribution is 2.37. The Kier molecular flexibility index (Phi) is 5.30. The fraction of sp³-hybridized carbons (Fsp3) is 0.364. The number of benzene rings is 2. The minimum atomic E-state index is -0.409. The van der Waals surface area contributed by atoms with E-state index in [1.807, 2.05) is 37.3 Å². The summed E-state index contributed by atoms with van der Waals surface area (Å²) in [6.45, 7) is 3.83. The van der Waals surface area contributed by atoms with E-state index in [0.717, 1.165) is 29.7 Å². The van der Waals surface area contributed by atoms with Gasteiger partial charge in [0.15, 0.2) is 11.5 Å². The second-order valence-corrected chi connectivity index (χ2v) is 7.05. The maximum absolute atomic E-state index is 10.5. The molecule has 28 heavy (non-hydrogen) atoms. The van der Waals surface area contributed by atoms with E-state index in [0.29, 0.717) is 24.7 Å². The third kappa shape index (κ3) is 3.60. The van der Waals surface area contributed by atoms with Crippen LogP contribution < -0.4 is 14.4 Å². The maximum atomic E-state index is 10.5. The highest BCUT2D eigenvalue weighted by atomic mass is 16.5. The zero-order valence-corrected chi connectivity index (χ0v) is 16.2. The largest absolute Gasteiger partial charge is 0.493 e. The Morgan fingerprint density at radius 3 is 2.68 bits per heavy atom. The number of fused-ring (bicyclic) bond motifs is 1. The molecule has 1 N–H and O–H groups in total. The molecule has 146 valence electrons. The second-order valence-electron chi connectivity index (χ2n) is 7.05. The summed E-state index contributed by atoms with van der Waals surface area (Å²) in [5, 5.41) is 11.4. The van der Waals surface area contributed by atoms with Crippen molar-refractivity contribution < 1.29 is 14.6 Å². The van der Waals surface area contributed by atoms with Gasteiger partial charge in [0.05, 0.1) is 25.3 Å². The van der Waals surface area contributed by atoms with Crippen LogP contribution in [0.25, 0.3) is 10.9 Å². The molecule has 1 saturated heterocycles. The average Bonchev–Trinajstić information content (AvgIpc) is 2.73. The van der Waals surface area contributed by atoms with Crippen molar-refractivity contribution in [3.63, 3.8) is 0 Å². The summed E-state index contributed by atoms with van der Waals surface area (Å²) in [5.41, 5.74) is 2.03. The van der Waals surface area contributed by atoms with Crippen molar-refractivity contribution in [2.24, 2.45) is 0 Å². The van der Waals surface area contributed by atoms with E-state index in [1.54, 1.807) is 13.4 Å². The molecule has 2 unspecified atom stereocenters. The number of piperidine rings is 1. The first kappa shape index (κ1) is 18.5. The topological polar surface area (TPSA) is 67.7 Å². The van der Waals surface area contributed by atoms with Crippen molar-refractivity contribution in [3.05, 3.63) is 54.4 Å². The van der Waals surface area contributed by atoms with Gasteiger partial charge in [-0.15, -0.1) is 0 Å². The number of hydrogen-bond donors (Lipinski definition) is 1. The molecule has 0 radical (unpaired) electrons. The van der Waals surface area contributed by atoms with Gasteiger partial charge in [0.25, 0.3) is 0 Å². The molecule has 0 bridgehead atoms. The van der Waals surface area contributed by atoms with Crippen LogP contribution in [-0.2, 0) is 0 Å². The Hall–Kier alpha value is -2.86. The molecule has 1 aliphatic rings. The molecule has 0 saturated carbocycles. The predicted molar refractivity (Wildman–Crippen MR) is 109 cm³/mol. The van der Waals surface area contributed by atoms with Crippen molar-refractivity contribution in [1.82, 2.24) is 9.97 Å². The molecule has 2 heterocycles. The van der Waals surface area contributed by atoms with Gasteiger partial charge in [-0.25, -0.2) is 9.97 Å². The summed E-state index contributed by atoms with van der Waals surface area (Å²) in [6.07, 6.45) is 1.91. The lowest BCUT2D eigenvalue weighted by molar-refractivity contribution is 0.144. The summed E-state index contributed by atoms with van der Waals surface area (Å²) < 4.78 is 11.2. The van der Waals surface area contributed by atoms with Crippen LogP contribution in [0.15, 0.2) is 48.8 Å². The van der Waals surface area contributed by atoms with E-state index in [1.165, 1.54) is 5.56 Å². The third-order valence-electron chi connectivity index (χ3n) is 5.20. The minimum absolute atomic E-state index is 0.250. The van der Waals surface area contributed by atoms with Crippen molar-refractivity contribution in [2.75, 3.05) is 31.7 Å². The Bertz CT molecular complexity index is 948. The van der Waals surface area contributed by atoms with Crippen LogP contribution in [-0.4, -0.2) is 48.0 Å². The van der Waals surface area contributed by atoms with Crippen LogP contribution in [0.1, 0.15) is 24.8 Å². The van der Waals surface area contributed by atoms with Gasteiger partial charge in [-0.3, -0.25) is 0 Å². The number of aliphatic hydroxyl groups is 1. The van der Waals surface area contributed by atoms with Gasteiger partial charge < -0.3 is 19.5 Å². The molecule has 2 atom stereocenters. The Morgan fingerprint density at radius 1 is 1.11 bits per heavy atom. The first-order chi connectivity index (χ1) is 13.7. The maximum Gasteiger partial charge on any atom is 0.163 e. The van der Waals surface area contributed by atoms with Crippen LogP contribution in [0.2, 0.25) is 0 Å². The lowest BCUT2D eigenvalue weighted by atomic mass is 9.89. The highest BCUT2D eigenvalue weighted by molar-refractivity contribution is 5.92. The van der Waals surface area contributed by atoms with Gasteiger partial charge in [0, 0.05) is 30.5 Å². The van der Waals surface area contributed by atoms with Crippen LogP contribution in [0.5, 0.6) is 11.5 Å². The number of methoxy groups -OCH3 is 1. The van der Waals surface area contributed by atoms with Crippen molar-refractivity contribution in [3.8, 4) is 11.5 Å². The van der Waals surface area contributed by atoms with Gasteiger partial charge >= 0.3 is 0 Å². The minimum Gasteiger partial charge on any atom is -0.493 e. The number of hydrogen-bond acceptors (Lipinski definition) is 6. The van der Waals surface area contributed by atoms with Crippen molar-refractivity contribution >= 4 is 16.7 Å². The van der Waals surface area contributed by atoms with E-state index in [4.69, 9.17) is 9.47 Å². The Labute approximate surface area is 164 Å². The molecule has 2 aromatic carbocycles. The SMILES string of the molecule is CCOc1cc2ncnc(N3CC(O)CC(c4ccccc4)C3)c2cc1OC. The summed E-state index contributed by atoms with van der Waals surface area (Å²) in [4.78, 5) is 11.1. The molecule has 1 aromatic heterocycles. The molecule has 1 fully saturated rings. The van der Waals surface area contributed by atoms with Crippen LogP contribution in [0, 0.1) is 0 Å². The highest BCUT2D eigenvalue weighted by Gasteiger charge is 2.29. The molecule has 6 heteroatoms. The number of rotatable bonds is 5. The Balaban J connectivity index is 1.73. The molecule has 6 nitrogen and oxygen atoms in total. The molecule has 0 spiro atoms. The van der Waals surface area contributed by atoms with Gasteiger partial charge in [-0.05, 0) is 25.0 Å². The number of aliphatic hydroxyl groups excluding tert-OH is 1. The lowest BCUT2D eigenvalue weighted by Gasteiger charge is -2.37. The fourth-order valence-corrected chi connectivity index (χ4v) is 3.94. The second kappa shape index (κ2) is 8.02. The third-order valence-corrected chi connectivity index (χ3v) is 5.20. The number of anilines is 1. The van der Waals surface area contributed by atoms with E-state index in [-0.39, 0.29) is 5.92 Å². The van der Waals surface area contributed by atoms with E-state index >= 15 is 0 Å². The molecular weight excluding hydrogens is 354 g/mol. The van der Waals surface area contributed by atoms with Gasteiger partial charge in [0.1, 0.15) is 12.1 Å². The van der Waals surface area contributed by atoms with Crippen molar-refractivity contribution in [1.29, 1.82) is 0 Å². The smallest absolute Gasteiger partial charge is 0.163 e. The van der Waals surface area contributed by atoms with Crippen LogP contribution in [0.3, 0.4) is 0 Å². The summed E-state index contributed by atoms with van der Waals surface area (Å²) in [6, 6.07) is 14.2. The monoisotopic (exact) mass is 379 g/mol. The fourth-order valence-electron chi connectivity index (χ4n) is 3.94. The van der Waals surface area contributed by atoms with Gasteiger partial charge in [-0.2, -0.15) is 0 Å². The molecule has 0 amide bonds. The molecular formula is C22H25N3O3. The van der Waals surface area contributed by atoms with E-state index in [2.05, 4.69) is 27.0 Å². The average molecular weight is 379 g/mol. The zero-order valence-electron chi connectivity index (χ0n) is 16.2. The van der Waals surface area contributed by atoms with Gasteiger partial charge in [-0.1, -0.05) is 30.3 Å². The number of nitrogens with zero attached hydrogens (tertiary/aromatic N) is 3. The molecule has 3 aromatic rings. The molecule has 0 aliphatic carbocycles. The van der Waals surface area contributed by atoms with Crippen LogP contribution >= 0.6 is 0 Å². The summed E-state index contributed by atoms with van der Waals surface area (Å²) >= 11 is 0. The Morgan fingerprint density at radius 2 is 1.93 bits per heavy atom. The van der Waals surface area contributed by atoms with Crippen LogP contribution in [0.4, 0.5) is 5.82 Å². The summed E-state index contributed by atoms with van der Waals surface area (Å²) in [7, 11) is 1.63. The number of aromatic nitrogens is 2. The quantitative estimate of drug-likeness (QED) is 0.733. The number of ether oxygens (including phenoxy) is 2. The summed E-state index contributed by atoms with van der Waals surface area (Å²) in [5.74, 6) is 2.39. The lowest BCUT2D eigenvalue weighted by Crippen LogP contribution is -2.42. The van der Waals surface area contributed by atoms with E-state index in [9.17, 15) is 5.11 Å². The van der Waals surface area contributed by atoms with E-state index < -0.39 is 6.10 Å². The predicted octanol–water partition coefficient (Wildman–Crippen LogP) is 3.39. The molecule has 1 aliphatic heterocycles. The van der Waals surface area contributed by atoms with Crippen molar-refractivity contribution in [2.45, 2.75) is 25.4 Å². The standard InChI is InChI=1S/C22H25N3O3/c1-3-28-21-11-19-18(10-20(21)27-2)22(24-14-23-19)25-12-16(9-17(26)13-25)15-7-5-4-6-8-15/h4-8,10-11,14,16-17,26H,3,9,12-13H2,1-2H3. The number of β-amino-alcohol motifs (C(OH)–C–C–N with tert-alkyl or cyclic N) is 1.